The summed E-state index contributed by atoms with van der Waals surface area (Å²) in [6, 6.07) is 10.9. The van der Waals surface area contributed by atoms with Crippen LogP contribution >= 0.6 is 23.2 Å². The number of halogens is 2. The van der Waals surface area contributed by atoms with Crippen LogP contribution in [0.15, 0.2) is 53.7 Å². The number of carbonyl (C=O) groups excluding carboxylic acids is 2. The van der Waals surface area contributed by atoms with Crippen LogP contribution in [0.4, 0.5) is 10.5 Å². The van der Waals surface area contributed by atoms with Gasteiger partial charge < -0.3 is 20.7 Å². The minimum Gasteiger partial charge on any atom is -0.492 e. The molecule has 1 heterocycles. The minimum atomic E-state index is -0.724. The molecule has 0 aromatic heterocycles. The Morgan fingerprint density at radius 3 is 2.68 bits per heavy atom. The van der Waals surface area contributed by atoms with E-state index >= 15 is 0 Å². The summed E-state index contributed by atoms with van der Waals surface area (Å²) in [7, 11) is 0. The molecule has 28 heavy (non-hydrogen) atoms. The van der Waals surface area contributed by atoms with E-state index in [2.05, 4.69) is 16.0 Å². The van der Waals surface area contributed by atoms with E-state index in [1.54, 1.807) is 43.3 Å². The van der Waals surface area contributed by atoms with Crippen molar-refractivity contribution in [2.24, 2.45) is 0 Å². The molecule has 0 spiro atoms. The van der Waals surface area contributed by atoms with Gasteiger partial charge in [0.05, 0.1) is 23.9 Å². The first-order valence-corrected chi connectivity index (χ1v) is 9.42. The number of allylic oxidation sites excluding steroid dienone is 1. The number of amides is 3. The van der Waals surface area contributed by atoms with E-state index < -0.39 is 12.1 Å². The lowest BCUT2D eigenvalue weighted by Gasteiger charge is -2.29. The van der Waals surface area contributed by atoms with Crippen molar-refractivity contribution in [1.82, 2.24) is 10.6 Å². The summed E-state index contributed by atoms with van der Waals surface area (Å²) in [6.07, 6.45) is 0. The Bertz CT molecular complexity index is 959. The van der Waals surface area contributed by atoms with Gasteiger partial charge in [-0.15, -0.1) is 0 Å². The largest absolute Gasteiger partial charge is 0.492 e. The predicted molar refractivity (Wildman–Crippen MR) is 110 cm³/mol. The molecule has 1 aliphatic heterocycles. The van der Waals surface area contributed by atoms with Gasteiger partial charge in [-0.25, -0.2) is 4.79 Å². The van der Waals surface area contributed by atoms with Crippen molar-refractivity contribution in [3.8, 4) is 5.75 Å². The molecule has 2 aromatic rings. The fraction of sp³-hybridized carbons (Fsp3) is 0.200. The first-order chi connectivity index (χ1) is 13.4. The van der Waals surface area contributed by atoms with Crippen molar-refractivity contribution in [3.63, 3.8) is 0 Å². The molecule has 1 atom stereocenters. The fourth-order valence-electron chi connectivity index (χ4n) is 3.00. The second kappa shape index (κ2) is 8.54. The SMILES string of the molecule is CCOc1ccccc1NC(=O)C1=C(C)NC(=O)N[C@H]1c1ccc(Cl)cc1Cl. The van der Waals surface area contributed by atoms with E-state index in [-0.39, 0.29) is 5.91 Å². The van der Waals surface area contributed by atoms with Crippen LogP contribution in [0.1, 0.15) is 25.5 Å². The molecular weight excluding hydrogens is 401 g/mol. The summed E-state index contributed by atoms with van der Waals surface area (Å²) in [5.41, 5.74) is 1.89. The highest BCUT2D eigenvalue weighted by molar-refractivity contribution is 6.35. The van der Waals surface area contributed by atoms with Crippen LogP contribution in [0.3, 0.4) is 0 Å². The highest BCUT2D eigenvalue weighted by Crippen LogP contribution is 2.34. The molecule has 1 aliphatic rings. The van der Waals surface area contributed by atoms with Crippen LogP contribution in [0.25, 0.3) is 0 Å². The first kappa shape index (κ1) is 20.0. The van der Waals surface area contributed by atoms with Crippen LogP contribution in [-0.4, -0.2) is 18.5 Å². The van der Waals surface area contributed by atoms with Gasteiger partial charge >= 0.3 is 6.03 Å². The Balaban J connectivity index is 1.98. The molecule has 0 aliphatic carbocycles. The van der Waals surface area contributed by atoms with Crippen molar-refractivity contribution in [1.29, 1.82) is 0 Å². The average molecular weight is 420 g/mol. The number of nitrogens with one attached hydrogen (secondary N) is 3. The molecule has 146 valence electrons. The number of urea groups is 1. The summed E-state index contributed by atoms with van der Waals surface area (Å²) in [5, 5.41) is 9.06. The smallest absolute Gasteiger partial charge is 0.319 e. The van der Waals surface area contributed by atoms with Crippen LogP contribution in [0.5, 0.6) is 5.75 Å². The number of anilines is 1. The topological polar surface area (TPSA) is 79.5 Å². The van der Waals surface area contributed by atoms with E-state index in [4.69, 9.17) is 27.9 Å². The Morgan fingerprint density at radius 1 is 1.21 bits per heavy atom. The molecule has 3 amide bonds. The Hall–Kier alpha value is -2.70. The maximum absolute atomic E-state index is 13.1. The maximum atomic E-state index is 13.1. The quantitative estimate of drug-likeness (QED) is 0.659. The van der Waals surface area contributed by atoms with Gasteiger partial charge in [-0.05, 0) is 43.7 Å². The van der Waals surface area contributed by atoms with Crippen molar-refractivity contribution in [3.05, 3.63) is 69.3 Å². The van der Waals surface area contributed by atoms with Crippen molar-refractivity contribution >= 4 is 40.8 Å². The third-order valence-electron chi connectivity index (χ3n) is 4.22. The summed E-state index contributed by atoms with van der Waals surface area (Å²) >= 11 is 12.3. The third-order valence-corrected chi connectivity index (χ3v) is 4.78. The molecule has 0 unspecified atom stereocenters. The average Bonchev–Trinajstić information content (AvgIpc) is 2.62. The number of ether oxygens (including phenoxy) is 1. The summed E-state index contributed by atoms with van der Waals surface area (Å²) in [4.78, 5) is 25.1. The standard InChI is InChI=1S/C20H19Cl2N3O3/c1-3-28-16-7-5-4-6-15(16)24-19(26)17-11(2)23-20(27)25-18(17)13-9-8-12(21)10-14(13)22/h4-10,18H,3H2,1-2H3,(H,24,26)(H2,23,25,27)/t18-/m0/s1. The minimum absolute atomic E-state index is 0.343. The van der Waals surface area contributed by atoms with Gasteiger partial charge in [0.25, 0.3) is 5.91 Å². The van der Waals surface area contributed by atoms with Gasteiger partial charge in [0.1, 0.15) is 5.75 Å². The van der Waals surface area contributed by atoms with E-state index in [0.29, 0.717) is 44.9 Å². The molecule has 0 bridgehead atoms. The molecule has 6 nitrogen and oxygen atoms in total. The predicted octanol–water partition coefficient (Wildman–Crippen LogP) is 4.66. The lowest BCUT2D eigenvalue weighted by atomic mass is 9.94. The van der Waals surface area contributed by atoms with Crippen molar-refractivity contribution in [2.45, 2.75) is 19.9 Å². The van der Waals surface area contributed by atoms with Gasteiger partial charge in [0.2, 0.25) is 0 Å². The Kier molecular flexibility index (Phi) is 6.11. The van der Waals surface area contributed by atoms with Crippen LogP contribution in [-0.2, 0) is 4.79 Å². The van der Waals surface area contributed by atoms with Crippen molar-refractivity contribution < 1.29 is 14.3 Å². The van der Waals surface area contributed by atoms with E-state index in [0.717, 1.165) is 0 Å². The van der Waals surface area contributed by atoms with E-state index in [1.807, 2.05) is 13.0 Å². The number of benzene rings is 2. The van der Waals surface area contributed by atoms with E-state index in [1.165, 1.54) is 0 Å². The van der Waals surface area contributed by atoms with Gasteiger partial charge in [0, 0.05) is 15.7 Å². The van der Waals surface area contributed by atoms with Crippen molar-refractivity contribution in [2.75, 3.05) is 11.9 Å². The molecule has 3 N–H and O–H groups in total. The lowest BCUT2D eigenvalue weighted by Crippen LogP contribution is -2.46. The first-order valence-electron chi connectivity index (χ1n) is 8.67. The maximum Gasteiger partial charge on any atom is 0.319 e. The number of rotatable bonds is 5. The van der Waals surface area contributed by atoms with E-state index in [9.17, 15) is 9.59 Å². The summed E-state index contributed by atoms with van der Waals surface area (Å²) in [5.74, 6) is 0.179. The molecule has 0 fully saturated rings. The number of carbonyl (C=O) groups is 2. The van der Waals surface area contributed by atoms with Crippen LogP contribution in [0.2, 0.25) is 10.0 Å². The number of hydrogen-bond donors (Lipinski definition) is 3. The van der Waals surface area contributed by atoms with Gasteiger partial charge in [-0.2, -0.15) is 0 Å². The lowest BCUT2D eigenvalue weighted by molar-refractivity contribution is -0.113. The van der Waals surface area contributed by atoms with Gasteiger partial charge in [-0.3, -0.25) is 4.79 Å². The molecule has 8 heteroatoms. The Labute approximate surface area is 172 Å². The second-order valence-corrected chi connectivity index (χ2v) is 6.96. The second-order valence-electron chi connectivity index (χ2n) is 6.12. The zero-order valence-corrected chi connectivity index (χ0v) is 16.8. The van der Waals surface area contributed by atoms with Gasteiger partial charge in [0.15, 0.2) is 0 Å². The Morgan fingerprint density at radius 2 is 1.96 bits per heavy atom. The zero-order valence-electron chi connectivity index (χ0n) is 15.3. The molecule has 3 rings (SSSR count). The highest BCUT2D eigenvalue weighted by atomic mass is 35.5. The molecule has 0 saturated heterocycles. The number of para-hydroxylation sites is 2. The number of hydrogen-bond acceptors (Lipinski definition) is 3. The summed E-state index contributed by atoms with van der Waals surface area (Å²) < 4.78 is 5.56. The fourth-order valence-corrected chi connectivity index (χ4v) is 3.52. The summed E-state index contributed by atoms with van der Waals surface area (Å²) in [6.45, 7) is 4.00. The molecule has 0 radical (unpaired) electrons. The highest BCUT2D eigenvalue weighted by Gasteiger charge is 2.32. The monoisotopic (exact) mass is 419 g/mol. The zero-order chi connectivity index (χ0) is 20.3. The molecular formula is C20H19Cl2N3O3. The molecule has 2 aromatic carbocycles. The van der Waals surface area contributed by atoms with Gasteiger partial charge in [-0.1, -0.05) is 41.4 Å². The van der Waals surface area contributed by atoms with Crippen LogP contribution in [0, 0.1) is 0 Å². The third kappa shape index (κ3) is 4.24. The normalized spacial score (nSPS) is 16.3. The van der Waals surface area contributed by atoms with Crippen LogP contribution < -0.4 is 20.7 Å². The molecule has 0 saturated carbocycles.